The third-order valence-corrected chi connectivity index (χ3v) is 4.16. The summed E-state index contributed by atoms with van der Waals surface area (Å²) in [5.74, 6) is -0.767. The van der Waals surface area contributed by atoms with Gasteiger partial charge in [0.2, 0.25) is 5.91 Å². The fourth-order valence-corrected chi connectivity index (χ4v) is 3.23. The maximum absolute atomic E-state index is 13.6. The number of piperidine rings is 1. The molecule has 6 nitrogen and oxygen atoms in total. The largest absolute Gasteiger partial charge is 0.399 e. The van der Waals surface area contributed by atoms with Gasteiger partial charge in [0.25, 0.3) is 0 Å². The SMILES string of the molecule is CN(C)C[C@@]1(O)CCCN(CCC(=O)Nc2cc(N)ccc2F)C1. The quantitative estimate of drug-likeness (QED) is 0.677. The van der Waals surface area contributed by atoms with Crippen LogP contribution in [-0.4, -0.2) is 66.7 Å². The van der Waals surface area contributed by atoms with E-state index in [2.05, 4.69) is 10.2 Å². The van der Waals surface area contributed by atoms with E-state index in [1.807, 2.05) is 19.0 Å². The van der Waals surface area contributed by atoms with Gasteiger partial charge in [0.15, 0.2) is 0 Å². The van der Waals surface area contributed by atoms with Crippen LogP contribution < -0.4 is 11.1 Å². The van der Waals surface area contributed by atoms with Crippen molar-refractivity contribution in [2.45, 2.75) is 24.9 Å². The molecule has 7 heteroatoms. The Kier molecular flexibility index (Phi) is 6.15. The van der Waals surface area contributed by atoms with Crippen LogP contribution >= 0.6 is 0 Å². The van der Waals surface area contributed by atoms with Gasteiger partial charge in [-0.05, 0) is 51.7 Å². The van der Waals surface area contributed by atoms with Crippen molar-refractivity contribution in [3.05, 3.63) is 24.0 Å². The van der Waals surface area contributed by atoms with E-state index in [-0.39, 0.29) is 18.0 Å². The molecule has 1 aromatic rings. The zero-order chi connectivity index (χ0) is 17.7. The Bertz CT molecular complexity index is 582. The Morgan fingerprint density at radius 2 is 2.25 bits per heavy atom. The molecule has 1 amide bonds. The zero-order valence-electron chi connectivity index (χ0n) is 14.4. The molecular formula is C17H27FN4O2. The van der Waals surface area contributed by atoms with Crippen LogP contribution in [0.25, 0.3) is 0 Å². The number of anilines is 2. The topological polar surface area (TPSA) is 81.8 Å². The van der Waals surface area contributed by atoms with Gasteiger partial charge in [-0.2, -0.15) is 0 Å². The maximum Gasteiger partial charge on any atom is 0.225 e. The lowest BCUT2D eigenvalue weighted by Gasteiger charge is -2.40. The molecule has 0 spiro atoms. The smallest absolute Gasteiger partial charge is 0.225 e. The first-order valence-corrected chi connectivity index (χ1v) is 8.22. The van der Waals surface area contributed by atoms with Crippen LogP contribution in [0.2, 0.25) is 0 Å². The van der Waals surface area contributed by atoms with Crippen LogP contribution in [0.4, 0.5) is 15.8 Å². The van der Waals surface area contributed by atoms with E-state index >= 15 is 0 Å². The van der Waals surface area contributed by atoms with Gasteiger partial charge in [-0.15, -0.1) is 0 Å². The highest BCUT2D eigenvalue weighted by molar-refractivity contribution is 5.91. The van der Waals surface area contributed by atoms with Gasteiger partial charge in [-0.25, -0.2) is 4.39 Å². The number of β-amino-alcohol motifs (C(OH)–C–C–N with tert-alkyl or cyclic N) is 1. The molecule has 1 aliphatic rings. The van der Waals surface area contributed by atoms with E-state index in [4.69, 9.17) is 5.73 Å². The molecule has 2 rings (SSSR count). The molecule has 0 bridgehead atoms. The molecular weight excluding hydrogens is 311 g/mol. The summed E-state index contributed by atoms with van der Waals surface area (Å²) in [5, 5.41) is 13.2. The predicted octanol–water partition coefficient (Wildman–Crippen LogP) is 1.13. The van der Waals surface area contributed by atoms with Crippen molar-refractivity contribution in [1.82, 2.24) is 9.80 Å². The molecule has 0 saturated carbocycles. The minimum atomic E-state index is -0.738. The Hall–Kier alpha value is -1.70. The number of hydrogen-bond acceptors (Lipinski definition) is 5. The van der Waals surface area contributed by atoms with Crippen LogP contribution in [0.5, 0.6) is 0 Å². The van der Waals surface area contributed by atoms with Crippen molar-refractivity contribution in [3.63, 3.8) is 0 Å². The van der Waals surface area contributed by atoms with Crippen LogP contribution in [-0.2, 0) is 4.79 Å². The summed E-state index contributed by atoms with van der Waals surface area (Å²) in [6, 6.07) is 4.09. The molecule has 0 unspecified atom stereocenters. The van der Waals surface area contributed by atoms with E-state index in [1.54, 1.807) is 0 Å². The average Bonchev–Trinajstić information content (AvgIpc) is 2.48. The normalized spacial score (nSPS) is 21.9. The van der Waals surface area contributed by atoms with Crippen molar-refractivity contribution in [1.29, 1.82) is 0 Å². The van der Waals surface area contributed by atoms with Gasteiger partial charge in [0.05, 0.1) is 11.3 Å². The molecule has 0 aromatic heterocycles. The van der Waals surface area contributed by atoms with Gasteiger partial charge < -0.3 is 21.1 Å². The molecule has 1 saturated heterocycles. The number of likely N-dealkylation sites (tertiary alicyclic amines) is 1. The van der Waals surface area contributed by atoms with E-state index in [9.17, 15) is 14.3 Å². The molecule has 24 heavy (non-hydrogen) atoms. The van der Waals surface area contributed by atoms with E-state index in [0.29, 0.717) is 25.3 Å². The minimum Gasteiger partial charge on any atom is -0.399 e. The number of likely N-dealkylation sites (N-methyl/N-ethyl adjacent to an activating group) is 1. The number of nitrogens with two attached hydrogens (primary N) is 1. The molecule has 1 aromatic carbocycles. The number of rotatable bonds is 6. The van der Waals surface area contributed by atoms with Crippen molar-refractivity contribution in [2.24, 2.45) is 0 Å². The third kappa shape index (κ3) is 5.43. The highest BCUT2D eigenvalue weighted by Crippen LogP contribution is 2.22. The fraction of sp³-hybridized carbons (Fsp3) is 0.588. The molecule has 1 atom stereocenters. The number of carbonyl (C=O) groups excluding carboxylic acids is 1. The Labute approximate surface area is 142 Å². The van der Waals surface area contributed by atoms with E-state index < -0.39 is 11.4 Å². The van der Waals surface area contributed by atoms with Gasteiger partial charge in [-0.3, -0.25) is 9.69 Å². The first-order chi connectivity index (χ1) is 11.3. The second kappa shape index (κ2) is 7.92. The van der Waals surface area contributed by atoms with Gasteiger partial charge >= 0.3 is 0 Å². The zero-order valence-corrected chi connectivity index (χ0v) is 14.4. The number of amides is 1. The van der Waals surface area contributed by atoms with Gasteiger partial charge in [0.1, 0.15) is 5.82 Å². The Balaban J connectivity index is 1.84. The number of nitrogens with one attached hydrogen (secondary N) is 1. The molecule has 134 valence electrons. The summed E-state index contributed by atoms with van der Waals surface area (Å²) in [5.41, 5.74) is 5.37. The van der Waals surface area contributed by atoms with Crippen molar-refractivity contribution >= 4 is 17.3 Å². The van der Waals surface area contributed by atoms with Crippen LogP contribution in [0, 0.1) is 5.82 Å². The molecule has 0 aliphatic carbocycles. The molecule has 1 aliphatic heterocycles. The summed E-state index contributed by atoms with van der Waals surface area (Å²) in [4.78, 5) is 16.1. The summed E-state index contributed by atoms with van der Waals surface area (Å²) in [6.07, 6.45) is 1.91. The average molecular weight is 338 g/mol. The van der Waals surface area contributed by atoms with Crippen LogP contribution in [0.3, 0.4) is 0 Å². The number of halogens is 1. The predicted molar refractivity (Wildman–Crippen MR) is 93.2 cm³/mol. The number of benzene rings is 1. The Morgan fingerprint density at radius 3 is 2.96 bits per heavy atom. The maximum atomic E-state index is 13.6. The number of carbonyl (C=O) groups is 1. The first-order valence-electron chi connectivity index (χ1n) is 8.22. The molecule has 1 heterocycles. The summed E-state index contributed by atoms with van der Waals surface area (Å²) >= 11 is 0. The third-order valence-electron chi connectivity index (χ3n) is 4.16. The summed E-state index contributed by atoms with van der Waals surface area (Å²) in [6.45, 7) is 2.54. The first kappa shape index (κ1) is 18.6. The second-order valence-electron chi connectivity index (χ2n) is 6.88. The monoisotopic (exact) mass is 338 g/mol. The fourth-order valence-electron chi connectivity index (χ4n) is 3.23. The highest BCUT2D eigenvalue weighted by atomic mass is 19.1. The van der Waals surface area contributed by atoms with Crippen molar-refractivity contribution in [3.8, 4) is 0 Å². The van der Waals surface area contributed by atoms with Crippen molar-refractivity contribution in [2.75, 3.05) is 51.3 Å². The minimum absolute atomic E-state index is 0.0998. The number of hydrogen-bond donors (Lipinski definition) is 3. The highest BCUT2D eigenvalue weighted by Gasteiger charge is 2.33. The number of nitrogens with zero attached hydrogens (tertiary/aromatic N) is 2. The lowest BCUT2D eigenvalue weighted by molar-refractivity contribution is -0.117. The molecule has 1 fully saturated rings. The number of nitrogen functional groups attached to an aromatic ring is 1. The summed E-state index contributed by atoms with van der Waals surface area (Å²) < 4.78 is 13.6. The van der Waals surface area contributed by atoms with Crippen molar-refractivity contribution < 1.29 is 14.3 Å². The van der Waals surface area contributed by atoms with E-state index in [1.165, 1.54) is 18.2 Å². The lowest BCUT2D eigenvalue weighted by Crippen LogP contribution is -2.53. The van der Waals surface area contributed by atoms with Gasteiger partial charge in [-0.1, -0.05) is 0 Å². The summed E-state index contributed by atoms with van der Waals surface area (Å²) in [7, 11) is 3.87. The van der Waals surface area contributed by atoms with Crippen LogP contribution in [0.1, 0.15) is 19.3 Å². The van der Waals surface area contributed by atoms with E-state index in [0.717, 1.165) is 19.4 Å². The van der Waals surface area contributed by atoms with Crippen LogP contribution in [0.15, 0.2) is 18.2 Å². The lowest BCUT2D eigenvalue weighted by atomic mass is 9.92. The second-order valence-corrected chi connectivity index (χ2v) is 6.88. The number of aliphatic hydroxyl groups is 1. The van der Waals surface area contributed by atoms with Gasteiger partial charge in [0, 0.05) is 31.7 Å². The molecule has 0 radical (unpaired) electrons. The standard InChI is InChI=1S/C17H27FN4O2/c1-21(2)11-17(24)7-3-8-22(12-17)9-6-16(23)20-15-10-13(19)4-5-14(15)18/h4-5,10,24H,3,6-9,11-12,19H2,1-2H3,(H,20,23)/t17-/m0/s1. The molecule has 4 N–H and O–H groups in total. The Morgan fingerprint density at radius 1 is 1.50 bits per heavy atom.